The van der Waals surface area contributed by atoms with Crippen LogP contribution in [0.15, 0.2) is 22.7 Å². The Bertz CT molecular complexity index is 482. The number of benzene rings is 1. The number of rotatable bonds is 1. The molecule has 0 aliphatic carbocycles. The highest BCUT2D eigenvalue weighted by atomic mass is 79.9. The van der Waals surface area contributed by atoms with Crippen molar-refractivity contribution in [3.8, 4) is 0 Å². The van der Waals surface area contributed by atoms with Gasteiger partial charge in [-0.25, -0.2) is 9.97 Å². The third-order valence-electron chi connectivity index (χ3n) is 2.06. The van der Waals surface area contributed by atoms with Crippen molar-refractivity contribution in [3.05, 3.63) is 34.2 Å². The lowest BCUT2D eigenvalue weighted by Crippen LogP contribution is -2.03. The lowest BCUT2D eigenvalue weighted by molar-refractivity contribution is 0.953. The van der Waals surface area contributed by atoms with Crippen molar-refractivity contribution in [1.82, 2.24) is 9.97 Å². The van der Waals surface area contributed by atoms with Gasteiger partial charge in [0.2, 0.25) is 0 Å². The molecule has 0 bridgehead atoms. The second-order valence-electron chi connectivity index (χ2n) is 3.06. The van der Waals surface area contributed by atoms with Gasteiger partial charge in [0.1, 0.15) is 5.82 Å². The second kappa shape index (κ2) is 3.63. The van der Waals surface area contributed by atoms with Gasteiger partial charge in [0, 0.05) is 16.4 Å². The molecule has 0 aliphatic heterocycles. The third-order valence-corrected chi connectivity index (χ3v) is 2.70. The van der Waals surface area contributed by atoms with Crippen molar-refractivity contribution in [2.45, 2.75) is 13.5 Å². The molecule has 3 nitrogen and oxygen atoms in total. The number of fused-ring (bicyclic) bond motifs is 1. The van der Waals surface area contributed by atoms with Gasteiger partial charge in [-0.15, -0.1) is 0 Å². The highest BCUT2D eigenvalue weighted by Gasteiger charge is 2.06. The fraction of sp³-hybridized carbons (Fsp3) is 0.200. The highest BCUT2D eigenvalue weighted by molar-refractivity contribution is 9.10. The Morgan fingerprint density at radius 2 is 2.14 bits per heavy atom. The van der Waals surface area contributed by atoms with Crippen LogP contribution in [-0.4, -0.2) is 9.97 Å². The number of hydrogen-bond donors (Lipinski definition) is 1. The summed E-state index contributed by atoms with van der Waals surface area (Å²) >= 11 is 3.46. The first-order valence-electron chi connectivity index (χ1n) is 4.34. The average molecular weight is 252 g/mol. The Kier molecular flexibility index (Phi) is 2.48. The maximum atomic E-state index is 5.63. The predicted octanol–water partition coefficient (Wildman–Crippen LogP) is 2.16. The van der Waals surface area contributed by atoms with Crippen LogP contribution >= 0.6 is 15.9 Å². The van der Waals surface area contributed by atoms with Gasteiger partial charge in [-0.05, 0) is 28.9 Å². The van der Waals surface area contributed by atoms with E-state index < -0.39 is 0 Å². The summed E-state index contributed by atoms with van der Waals surface area (Å²) in [6.07, 6.45) is 0. The van der Waals surface area contributed by atoms with E-state index in [9.17, 15) is 0 Å². The zero-order chi connectivity index (χ0) is 10.1. The number of nitrogens with zero attached hydrogens (tertiary/aromatic N) is 2. The van der Waals surface area contributed by atoms with Gasteiger partial charge in [0.15, 0.2) is 0 Å². The number of aromatic nitrogens is 2. The van der Waals surface area contributed by atoms with Crippen molar-refractivity contribution >= 4 is 26.8 Å². The van der Waals surface area contributed by atoms with Crippen LogP contribution in [0.3, 0.4) is 0 Å². The molecular weight excluding hydrogens is 242 g/mol. The largest absolute Gasteiger partial charge is 0.325 e. The van der Waals surface area contributed by atoms with E-state index in [2.05, 4.69) is 25.9 Å². The minimum atomic E-state index is 0.441. The van der Waals surface area contributed by atoms with Gasteiger partial charge in [-0.2, -0.15) is 0 Å². The third kappa shape index (κ3) is 1.51. The van der Waals surface area contributed by atoms with Crippen molar-refractivity contribution < 1.29 is 0 Å². The summed E-state index contributed by atoms with van der Waals surface area (Å²) in [5, 5.41) is 1.02. The van der Waals surface area contributed by atoms with E-state index in [1.807, 2.05) is 25.1 Å². The smallest absolute Gasteiger partial charge is 0.126 e. The van der Waals surface area contributed by atoms with Crippen molar-refractivity contribution in [2.24, 2.45) is 5.73 Å². The molecule has 0 amide bonds. The van der Waals surface area contributed by atoms with Gasteiger partial charge in [0.05, 0.1) is 11.2 Å². The first kappa shape index (κ1) is 9.55. The van der Waals surface area contributed by atoms with Crippen LogP contribution in [0.1, 0.15) is 11.5 Å². The van der Waals surface area contributed by atoms with E-state index in [1.54, 1.807) is 0 Å². The van der Waals surface area contributed by atoms with E-state index in [1.165, 1.54) is 0 Å². The van der Waals surface area contributed by atoms with Gasteiger partial charge >= 0.3 is 0 Å². The van der Waals surface area contributed by atoms with Gasteiger partial charge in [-0.3, -0.25) is 0 Å². The number of para-hydroxylation sites is 1. The van der Waals surface area contributed by atoms with E-state index in [0.717, 1.165) is 26.9 Å². The molecule has 0 aliphatic rings. The topological polar surface area (TPSA) is 51.8 Å². The highest BCUT2D eigenvalue weighted by Crippen LogP contribution is 2.23. The minimum absolute atomic E-state index is 0.441. The molecule has 1 aromatic heterocycles. The molecule has 72 valence electrons. The lowest BCUT2D eigenvalue weighted by Gasteiger charge is -2.05. The summed E-state index contributed by atoms with van der Waals surface area (Å²) in [7, 11) is 0. The van der Waals surface area contributed by atoms with Crippen molar-refractivity contribution in [1.29, 1.82) is 0 Å². The monoisotopic (exact) mass is 251 g/mol. The summed E-state index contributed by atoms with van der Waals surface area (Å²) in [4.78, 5) is 8.67. The van der Waals surface area contributed by atoms with Crippen LogP contribution in [0.25, 0.3) is 10.9 Å². The molecule has 2 N–H and O–H groups in total. The van der Waals surface area contributed by atoms with Crippen LogP contribution in [0, 0.1) is 6.92 Å². The van der Waals surface area contributed by atoms with Crippen LogP contribution < -0.4 is 5.73 Å². The first-order chi connectivity index (χ1) is 6.72. The molecule has 0 fully saturated rings. The normalized spacial score (nSPS) is 10.8. The molecule has 1 heterocycles. The molecule has 14 heavy (non-hydrogen) atoms. The molecule has 0 unspecified atom stereocenters. The zero-order valence-electron chi connectivity index (χ0n) is 7.79. The number of halogens is 1. The van der Waals surface area contributed by atoms with Gasteiger partial charge in [0.25, 0.3) is 0 Å². The Hall–Kier alpha value is -1.00. The first-order valence-corrected chi connectivity index (χ1v) is 5.13. The SMILES string of the molecule is Cc1nc(CN)c2cccc(Br)c2n1. The van der Waals surface area contributed by atoms with Crippen molar-refractivity contribution in [2.75, 3.05) is 0 Å². The maximum absolute atomic E-state index is 5.63. The molecule has 0 saturated carbocycles. The van der Waals surface area contributed by atoms with Gasteiger partial charge in [-0.1, -0.05) is 12.1 Å². The van der Waals surface area contributed by atoms with E-state index in [4.69, 9.17) is 5.73 Å². The molecule has 2 aromatic rings. The molecule has 0 spiro atoms. The molecular formula is C10H10BrN3. The Balaban J connectivity index is 2.87. The van der Waals surface area contributed by atoms with E-state index >= 15 is 0 Å². The number of nitrogens with two attached hydrogens (primary N) is 1. The van der Waals surface area contributed by atoms with Crippen LogP contribution in [0.4, 0.5) is 0 Å². The number of aryl methyl sites for hydroxylation is 1. The van der Waals surface area contributed by atoms with E-state index in [-0.39, 0.29) is 0 Å². The quantitative estimate of drug-likeness (QED) is 0.846. The molecule has 0 saturated heterocycles. The summed E-state index contributed by atoms with van der Waals surface area (Å²) in [6.45, 7) is 2.31. The van der Waals surface area contributed by atoms with Crippen molar-refractivity contribution in [3.63, 3.8) is 0 Å². The van der Waals surface area contributed by atoms with Crippen LogP contribution in [-0.2, 0) is 6.54 Å². The average Bonchev–Trinajstić information content (AvgIpc) is 2.18. The van der Waals surface area contributed by atoms with Crippen LogP contribution in [0.5, 0.6) is 0 Å². The van der Waals surface area contributed by atoms with E-state index in [0.29, 0.717) is 6.54 Å². The summed E-state index contributed by atoms with van der Waals surface area (Å²) in [5.41, 5.74) is 7.46. The Labute approximate surface area is 90.5 Å². The molecule has 0 radical (unpaired) electrons. The lowest BCUT2D eigenvalue weighted by atomic mass is 10.2. The fourth-order valence-electron chi connectivity index (χ4n) is 1.46. The van der Waals surface area contributed by atoms with Crippen LogP contribution in [0.2, 0.25) is 0 Å². The zero-order valence-corrected chi connectivity index (χ0v) is 9.37. The predicted molar refractivity (Wildman–Crippen MR) is 59.9 cm³/mol. The summed E-state index contributed by atoms with van der Waals surface area (Å²) < 4.78 is 0.982. The van der Waals surface area contributed by atoms with Gasteiger partial charge < -0.3 is 5.73 Å². The maximum Gasteiger partial charge on any atom is 0.126 e. The number of hydrogen-bond acceptors (Lipinski definition) is 3. The fourth-order valence-corrected chi connectivity index (χ4v) is 1.91. The minimum Gasteiger partial charge on any atom is -0.325 e. The molecule has 4 heteroatoms. The molecule has 1 aromatic carbocycles. The molecule has 2 rings (SSSR count). The standard InChI is InChI=1S/C10H10BrN3/c1-6-13-9(5-12)7-3-2-4-8(11)10(7)14-6/h2-4H,5,12H2,1H3. The Morgan fingerprint density at radius 1 is 1.36 bits per heavy atom. The summed E-state index contributed by atoms with van der Waals surface area (Å²) in [5.74, 6) is 0.754. The molecule has 0 atom stereocenters. The summed E-state index contributed by atoms with van der Waals surface area (Å²) in [6, 6.07) is 5.92. The Morgan fingerprint density at radius 3 is 2.86 bits per heavy atom. The second-order valence-corrected chi connectivity index (χ2v) is 3.91.